The lowest BCUT2D eigenvalue weighted by Gasteiger charge is -2.16. The van der Waals surface area contributed by atoms with Gasteiger partial charge in [-0.1, -0.05) is 58.4 Å². The molecule has 0 aliphatic heterocycles. The van der Waals surface area contributed by atoms with Crippen LogP contribution >= 0.6 is 27.5 Å². The molecule has 1 nitrogen and oxygen atoms in total. The van der Waals surface area contributed by atoms with Crippen LogP contribution in [0, 0.1) is 0 Å². The Bertz CT molecular complexity index is 487. The maximum absolute atomic E-state index is 6.03. The summed E-state index contributed by atoms with van der Waals surface area (Å²) in [5, 5.41) is 3.48. The lowest BCUT2D eigenvalue weighted by molar-refractivity contribution is 0.579. The van der Waals surface area contributed by atoms with Crippen molar-refractivity contribution in [2.75, 3.05) is 5.88 Å². The summed E-state index contributed by atoms with van der Waals surface area (Å²) in [6, 6.07) is 18.8. The second kappa shape index (κ2) is 6.93. The van der Waals surface area contributed by atoms with E-state index in [1.54, 1.807) is 0 Å². The van der Waals surface area contributed by atoms with Crippen molar-refractivity contribution in [3.63, 3.8) is 0 Å². The Kier molecular flexibility index (Phi) is 5.24. The van der Waals surface area contributed by atoms with Crippen molar-refractivity contribution in [2.24, 2.45) is 0 Å². The topological polar surface area (TPSA) is 12.0 Å². The van der Waals surface area contributed by atoms with E-state index in [4.69, 9.17) is 11.6 Å². The molecule has 0 aromatic heterocycles. The molecule has 1 N–H and O–H groups in total. The zero-order chi connectivity index (χ0) is 12.8. The van der Waals surface area contributed by atoms with Gasteiger partial charge in [-0.3, -0.25) is 0 Å². The first kappa shape index (κ1) is 13.6. The third-order valence-corrected chi connectivity index (χ3v) is 3.60. The number of nitrogens with one attached hydrogen (secondary N) is 1. The lowest BCUT2D eigenvalue weighted by Crippen LogP contribution is -2.22. The first-order chi connectivity index (χ1) is 8.79. The fourth-order valence-corrected chi connectivity index (χ4v) is 2.57. The van der Waals surface area contributed by atoms with E-state index in [2.05, 4.69) is 45.5 Å². The summed E-state index contributed by atoms with van der Waals surface area (Å²) < 4.78 is 1.10. The quantitative estimate of drug-likeness (QED) is 0.797. The van der Waals surface area contributed by atoms with E-state index in [-0.39, 0.29) is 6.04 Å². The number of hydrogen-bond donors (Lipinski definition) is 1. The molecule has 0 radical (unpaired) electrons. The SMILES string of the molecule is ClCC(NCc1cccc(Br)c1)c1ccccc1. The minimum Gasteiger partial charge on any atom is -0.305 e. The van der Waals surface area contributed by atoms with E-state index < -0.39 is 0 Å². The molecule has 0 saturated heterocycles. The van der Waals surface area contributed by atoms with Crippen molar-refractivity contribution in [1.29, 1.82) is 0 Å². The minimum atomic E-state index is 0.187. The van der Waals surface area contributed by atoms with Crippen molar-refractivity contribution >= 4 is 27.5 Å². The van der Waals surface area contributed by atoms with Gasteiger partial charge in [0, 0.05) is 22.9 Å². The summed E-state index contributed by atoms with van der Waals surface area (Å²) in [7, 11) is 0. The van der Waals surface area contributed by atoms with Crippen LogP contribution in [0.25, 0.3) is 0 Å². The van der Waals surface area contributed by atoms with Gasteiger partial charge in [-0.2, -0.15) is 0 Å². The number of hydrogen-bond acceptors (Lipinski definition) is 1. The zero-order valence-corrected chi connectivity index (χ0v) is 12.3. The second-order valence-electron chi connectivity index (χ2n) is 4.13. The van der Waals surface area contributed by atoms with Crippen molar-refractivity contribution in [1.82, 2.24) is 5.32 Å². The van der Waals surface area contributed by atoms with Crippen molar-refractivity contribution in [3.8, 4) is 0 Å². The first-order valence-corrected chi connectivity index (χ1v) is 7.21. The zero-order valence-electron chi connectivity index (χ0n) is 9.94. The van der Waals surface area contributed by atoms with Crippen molar-refractivity contribution in [3.05, 3.63) is 70.2 Å². The molecule has 0 heterocycles. The molecule has 3 heteroatoms. The monoisotopic (exact) mass is 323 g/mol. The van der Waals surface area contributed by atoms with Gasteiger partial charge in [-0.25, -0.2) is 0 Å². The molecule has 18 heavy (non-hydrogen) atoms. The molecule has 1 unspecified atom stereocenters. The third-order valence-electron chi connectivity index (χ3n) is 2.80. The standard InChI is InChI=1S/C15H15BrClN/c16-14-8-4-5-12(9-14)11-18-15(10-17)13-6-2-1-3-7-13/h1-9,15,18H,10-11H2. The van der Waals surface area contributed by atoms with Crippen LogP contribution < -0.4 is 5.32 Å². The maximum atomic E-state index is 6.03. The molecule has 0 fully saturated rings. The molecule has 1 atom stereocenters. The number of halogens is 2. The van der Waals surface area contributed by atoms with Gasteiger partial charge < -0.3 is 5.32 Å². The summed E-state index contributed by atoms with van der Waals surface area (Å²) in [6.07, 6.45) is 0. The van der Waals surface area contributed by atoms with Gasteiger partial charge in [0.25, 0.3) is 0 Å². The third kappa shape index (κ3) is 3.84. The highest BCUT2D eigenvalue weighted by atomic mass is 79.9. The predicted octanol–water partition coefficient (Wildman–Crippen LogP) is 4.52. The van der Waals surface area contributed by atoms with Crippen LogP contribution in [0.2, 0.25) is 0 Å². The Hall–Kier alpha value is -0.830. The van der Waals surface area contributed by atoms with Gasteiger partial charge >= 0.3 is 0 Å². The Labute approximate surface area is 121 Å². The second-order valence-corrected chi connectivity index (χ2v) is 5.35. The van der Waals surface area contributed by atoms with Gasteiger partial charge in [0.15, 0.2) is 0 Å². The van der Waals surface area contributed by atoms with E-state index in [1.165, 1.54) is 11.1 Å². The molecule has 0 bridgehead atoms. The molecule has 2 rings (SSSR count). The summed E-state index contributed by atoms with van der Waals surface area (Å²) in [4.78, 5) is 0. The van der Waals surface area contributed by atoms with Crippen LogP contribution in [0.1, 0.15) is 17.2 Å². The van der Waals surface area contributed by atoms with Crippen LogP contribution in [0.15, 0.2) is 59.1 Å². The van der Waals surface area contributed by atoms with Gasteiger partial charge in [-0.15, -0.1) is 11.6 Å². The van der Waals surface area contributed by atoms with Crippen LogP contribution in [0.3, 0.4) is 0 Å². The van der Waals surface area contributed by atoms with E-state index in [0.29, 0.717) is 5.88 Å². The highest BCUT2D eigenvalue weighted by Crippen LogP contribution is 2.16. The van der Waals surface area contributed by atoms with Gasteiger partial charge in [-0.05, 0) is 23.3 Å². The van der Waals surface area contributed by atoms with Crippen molar-refractivity contribution in [2.45, 2.75) is 12.6 Å². The predicted molar refractivity (Wildman–Crippen MR) is 80.9 cm³/mol. The highest BCUT2D eigenvalue weighted by molar-refractivity contribution is 9.10. The largest absolute Gasteiger partial charge is 0.305 e. The highest BCUT2D eigenvalue weighted by Gasteiger charge is 2.08. The molecular weight excluding hydrogens is 310 g/mol. The van der Waals surface area contributed by atoms with E-state index in [9.17, 15) is 0 Å². The van der Waals surface area contributed by atoms with Crippen LogP contribution in [0.4, 0.5) is 0 Å². The fourth-order valence-electron chi connectivity index (χ4n) is 1.83. The summed E-state index contributed by atoms with van der Waals surface area (Å²) >= 11 is 9.51. The summed E-state index contributed by atoms with van der Waals surface area (Å²) in [5.41, 5.74) is 2.47. The average molecular weight is 325 g/mol. The maximum Gasteiger partial charge on any atom is 0.0460 e. The van der Waals surface area contributed by atoms with Gasteiger partial charge in [0.2, 0.25) is 0 Å². The van der Waals surface area contributed by atoms with E-state index in [0.717, 1.165) is 11.0 Å². The molecule has 0 aliphatic carbocycles. The normalized spacial score (nSPS) is 12.3. The Morgan fingerprint density at radius 2 is 1.83 bits per heavy atom. The molecule has 0 amide bonds. The molecule has 0 aliphatic rings. The first-order valence-electron chi connectivity index (χ1n) is 5.88. The van der Waals surface area contributed by atoms with E-state index >= 15 is 0 Å². The van der Waals surface area contributed by atoms with Crippen LogP contribution in [0.5, 0.6) is 0 Å². The average Bonchev–Trinajstić information content (AvgIpc) is 2.41. The number of rotatable bonds is 5. The molecule has 2 aromatic rings. The van der Waals surface area contributed by atoms with Crippen LogP contribution in [-0.4, -0.2) is 5.88 Å². The smallest absolute Gasteiger partial charge is 0.0460 e. The van der Waals surface area contributed by atoms with Gasteiger partial charge in [0.1, 0.15) is 0 Å². The Morgan fingerprint density at radius 1 is 1.06 bits per heavy atom. The molecular formula is C15H15BrClN. The van der Waals surface area contributed by atoms with Crippen molar-refractivity contribution < 1.29 is 0 Å². The van der Waals surface area contributed by atoms with E-state index in [1.807, 2.05) is 30.3 Å². The summed E-state index contributed by atoms with van der Waals surface area (Å²) in [5.74, 6) is 0.567. The molecule has 0 saturated carbocycles. The molecule has 94 valence electrons. The summed E-state index contributed by atoms with van der Waals surface area (Å²) in [6.45, 7) is 0.811. The Balaban J connectivity index is 2.00. The van der Waals surface area contributed by atoms with Crippen LogP contribution in [-0.2, 0) is 6.54 Å². The molecule has 2 aromatic carbocycles. The number of alkyl halides is 1. The Morgan fingerprint density at radius 3 is 2.50 bits per heavy atom. The van der Waals surface area contributed by atoms with Gasteiger partial charge in [0.05, 0.1) is 0 Å². The lowest BCUT2D eigenvalue weighted by atomic mass is 10.1. The minimum absolute atomic E-state index is 0.187. The number of benzene rings is 2. The fraction of sp³-hybridized carbons (Fsp3) is 0.200. The molecule has 0 spiro atoms.